The number of hydrogen-bond donors (Lipinski definition) is 3. The van der Waals surface area contributed by atoms with Gasteiger partial charge in [0.05, 0.1) is 0 Å². The molecule has 0 aromatic carbocycles. The molecule has 0 atom stereocenters. The molecule has 0 saturated heterocycles. The largest absolute Gasteiger partial charge is 0.380 e. The Kier molecular flexibility index (Phi) is 1.42. The van der Waals surface area contributed by atoms with Gasteiger partial charge in [0.15, 0.2) is 0 Å². The Labute approximate surface area is 53.0 Å². The fourth-order valence-corrected chi connectivity index (χ4v) is 0.873. The highest BCUT2D eigenvalue weighted by molar-refractivity contribution is 5.85. The standard InChI is InChI=1S/C5H10N2O2/c6-7-4(8)5(9)2-1-3-5/h9H,1-3,6H2,(H,7,8). The lowest BCUT2D eigenvalue weighted by Gasteiger charge is -2.33. The average Bonchev–Trinajstić information content (AvgIpc) is 1.81. The highest BCUT2D eigenvalue weighted by Gasteiger charge is 2.41. The van der Waals surface area contributed by atoms with E-state index in [0.29, 0.717) is 12.8 Å². The molecular formula is C5H10N2O2. The van der Waals surface area contributed by atoms with Crippen molar-refractivity contribution in [1.29, 1.82) is 0 Å². The van der Waals surface area contributed by atoms with Crippen LogP contribution >= 0.6 is 0 Å². The number of nitrogens with two attached hydrogens (primary N) is 1. The van der Waals surface area contributed by atoms with Crippen molar-refractivity contribution in [3.8, 4) is 0 Å². The Morgan fingerprint density at radius 3 is 2.33 bits per heavy atom. The zero-order valence-corrected chi connectivity index (χ0v) is 5.05. The van der Waals surface area contributed by atoms with Crippen LogP contribution in [0.2, 0.25) is 0 Å². The molecule has 0 unspecified atom stereocenters. The van der Waals surface area contributed by atoms with E-state index in [1.165, 1.54) is 0 Å². The second-order valence-electron chi connectivity index (χ2n) is 2.36. The smallest absolute Gasteiger partial charge is 0.265 e. The number of aliphatic hydroxyl groups is 1. The molecule has 0 aliphatic heterocycles. The van der Waals surface area contributed by atoms with E-state index < -0.39 is 11.5 Å². The number of hydrazine groups is 1. The van der Waals surface area contributed by atoms with Crippen LogP contribution in [0.3, 0.4) is 0 Å². The van der Waals surface area contributed by atoms with E-state index in [9.17, 15) is 9.90 Å². The summed E-state index contributed by atoms with van der Waals surface area (Å²) in [5.74, 6) is 4.34. The molecule has 1 aliphatic carbocycles. The van der Waals surface area contributed by atoms with E-state index in [0.717, 1.165) is 6.42 Å². The summed E-state index contributed by atoms with van der Waals surface area (Å²) >= 11 is 0. The molecule has 1 fully saturated rings. The number of carbonyl (C=O) groups is 1. The zero-order valence-electron chi connectivity index (χ0n) is 5.05. The van der Waals surface area contributed by atoms with Crippen LogP contribution in [0, 0.1) is 0 Å². The summed E-state index contributed by atoms with van der Waals surface area (Å²) in [6.07, 6.45) is 1.98. The van der Waals surface area contributed by atoms with E-state index in [-0.39, 0.29) is 0 Å². The second kappa shape index (κ2) is 1.97. The normalized spacial score (nSPS) is 22.4. The first-order valence-corrected chi connectivity index (χ1v) is 2.92. The molecule has 1 saturated carbocycles. The van der Waals surface area contributed by atoms with Crippen molar-refractivity contribution in [2.24, 2.45) is 5.84 Å². The van der Waals surface area contributed by atoms with Gasteiger partial charge in [-0.15, -0.1) is 0 Å². The molecule has 0 aromatic rings. The lowest BCUT2D eigenvalue weighted by molar-refractivity contribution is -0.148. The molecule has 1 amide bonds. The number of amides is 1. The van der Waals surface area contributed by atoms with E-state index >= 15 is 0 Å². The first kappa shape index (κ1) is 6.51. The molecule has 4 nitrogen and oxygen atoms in total. The van der Waals surface area contributed by atoms with E-state index in [2.05, 4.69) is 0 Å². The summed E-state index contributed by atoms with van der Waals surface area (Å²) in [5.41, 5.74) is 0.774. The van der Waals surface area contributed by atoms with Crippen LogP contribution in [-0.4, -0.2) is 16.6 Å². The number of carbonyl (C=O) groups excluding carboxylic acids is 1. The molecular weight excluding hydrogens is 120 g/mol. The van der Waals surface area contributed by atoms with Crippen molar-refractivity contribution in [3.63, 3.8) is 0 Å². The summed E-state index contributed by atoms with van der Waals surface area (Å²) in [6, 6.07) is 0. The maximum atomic E-state index is 10.6. The van der Waals surface area contributed by atoms with Crippen LogP contribution in [0.15, 0.2) is 0 Å². The summed E-state index contributed by atoms with van der Waals surface area (Å²) < 4.78 is 0. The predicted octanol–water partition coefficient (Wildman–Crippen LogP) is -1.11. The van der Waals surface area contributed by atoms with Crippen molar-refractivity contribution >= 4 is 5.91 Å². The molecule has 0 aromatic heterocycles. The van der Waals surface area contributed by atoms with Crippen LogP contribution in [0.1, 0.15) is 19.3 Å². The minimum Gasteiger partial charge on any atom is -0.380 e. The SMILES string of the molecule is NNC(=O)C1(O)CCC1. The van der Waals surface area contributed by atoms with Crippen molar-refractivity contribution in [3.05, 3.63) is 0 Å². The van der Waals surface area contributed by atoms with E-state index in [1.54, 1.807) is 0 Å². The summed E-state index contributed by atoms with van der Waals surface area (Å²) in [6.45, 7) is 0. The van der Waals surface area contributed by atoms with Gasteiger partial charge in [0, 0.05) is 0 Å². The van der Waals surface area contributed by atoms with Gasteiger partial charge in [-0.25, -0.2) is 5.84 Å². The number of rotatable bonds is 1. The maximum absolute atomic E-state index is 10.6. The van der Waals surface area contributed by atoms with Crippen LogP contribution in [0.25, 0.3) is 0 Å². The molecule has 1 rings (SSSR count). The van der Waals surface area contributed by atoms with Gasteiger partial charge in [0.2, 0.25) is 0 Å². The van der Waals surface area contributed by atoms with Crippen molar-refractivity contribution in [2.75, 3.05) is 0 Å². The van der Waals surface area contributed by atoms with Crippen LogP contribution in [0.5, 0.6) is 0 Å². The lowest BCUT2D eigenvalue weighted by Crippen LogP contribution is -2.53. The highest BCUT2D eigenvalue weighted by atomic mass is 16.3. The minimum atomic E-state index is -1.14. The van der Waals surface area contributed by atoms with Gasteiger partial charge < -0.3 is 5.11 Å². The Balaban J connectivity index is 2.49. The minimum absolute atomic E-state index is 0.464. The van der Waals surface area contributed by atoms with Gasteiger partial charge in [0.1, 0.15) is 5.60 Å². The van der Waals surface area contributed by atoms with Crippen molar-refractivity contribution < 1.29 is 9.90 Å². The Morgan fingerprint density at radius 1 is 1.67 bits per heavy atom. The van der Waals surface area contributed by atoms with Crippen molar-refractivity contribution in [2.45, 2.75) is 24.9 Å². The third-order valence-corrected chi connectivity index (χ3v) is 1.73. The maximum Gasteiger partial charge on any atom is 0.265 e. The molecule has 0 bridgehead atoms. The number of hydrogen-bond acceptors (Lipinski definition) is 3. The van der Waals surface area contributed by atoms with Gasteiger partial charge >= 0.3 is 0 Å². The third-order valence-electron chi connectivity index (χ3n) is 1.73. The summed E-state index contributed by atoms with van der Waals surface area (Å²) in [5, 5.41) is 9.19. The molecule has 0 radical (unpaired) electrons. The fraction of sp³-hybridized carbons (Fsp3) is 0.800. The average molecular weight is 130 g/mol. The van der Waals surface area contributed by atoms with E-state index in [1.807, 2.05) is 5.43 Å². The molecule has 0 spiro atoms. The highest BCUT2D eigenvalue weighted by Crippen LogP contribution is 2.31. The van der Waals surface area contributed by atoms with Crippen LogP contribution in [0.4, 0.5) is 0 Å². The molecule has 9 heavy (non-hydrogen) atoms. The monoisotopic (exact) mass is 130 g/mol. The molecule has 1 aliphatic rings. The predicted molar refractivity (Wildman–Crippen MR) is 31.1 cm³/mol. The molecule has 52 valence electrons. The first-order valence-electron chi connectivity index (χ1n) is 2.92. The quantitative estimate of drug-likeness (QED) is 0.239. The molecule has 4 heteroatoms. The van der Waals surface area contributed by atoms with Crippen LogP contribution in [-0.2, 0) is 4.79 Å². The zero-order chi connectivity index (χ0) is 6.91. The van der Waals surface area contributed by atoms with Gasteiger partial charge in [-0.05, 0) is 19.3 Å². The van der Waals surface area contributed by atoms with Crippen molar-refractivity contribution in [1.82, 2.24) is 5.43 Å². The van der Waals surface area contributed by atoms with Gasteiger partial charge in [0.25, 0.3) is 5.91 Å². The Bertz CT molecular complexity index is 131. The topological polar surface area (TPSA) is 75.3 Å². The fourth-order valence-electron chi connectivity index (χ4n) is 0.873. The third kappa shape index (κ3) is 0.906. The Morgan fingerprint density at radius 2 is 2.22 bits per heavy atom. The van der Waals surface area contributed by atoms with Gasteiger partial charge in [-0.1, -0.05) is 0 Å². The van der Waals surface area contributed by atoms with Gasteiger partial charge in [-0.2, -0.15) is 0 Å². The first-order chi connectivity index (χ1) is 4.19. The van der Waals surface area contributed by atoms with Gasteiger partial charge in [-0.3, -0.25) is 10.2 Å². The molecule has 4 N–H and O–H groups in total. The lowest BCUT2D eigenvalue weighted by atomic mass is 9.80. The number of nitrogens with one attached hydrogen (secondary N) is 1. The summed E-state index contributed by atoms with van der Waals surface area (Å²) in [4.78, 5) is 10.6. The van der Waals surface area contributed by atoms with Crippen LogP contribution < -0.4 is 11.3 Å². The summed E-state index contributed by atoms with van der Waals surface area (Å²) in [7, 11) is 0. The second-order valence-corrected chi connectivity index (χ2v) is 2.36. The molecule has 0 heterocycles. The van der Waals surface area contributed by atoms with E-state index in [4.69, 9.17) is 5.84 Å². The Hall–Kier alpha value is -0.610.